The minimum Gasteiger partial charge on any atom is -0.352 e. The lowest BCUT2D eigenvalue weighted by atomic mass is 10.2. The van der Waals surface area contributed by atoms with Gasteiger partial charge in [-0.25, -0.2) is 8.42 Å². The molecule has 1 rings (SSSR count). The van der Waals surface area contributed by atoms with Crippen molar-refractivity contribution in [3.05, 3.63) is 0 Å². The van der Waals surface area contributed by atoms with Crippen molar-refractivity contribution in [1.82, 2.24) is 10.2 Å². The van der Waals surface area contributed by atoms with Gasteiger partial charge < -0.3 is 10.2 Å². The highest BCUT2D eigenvalue weighted by atomic mass is 32.2. The first kappa shape index (κ1) is 16.9. The predicted molar refractivity (Wildman–Crippen MR) is 76.9 cm³/mol. The molecule has 2 amide bonds. The van der Waals surface area contributed by atoms with Gasteiger partial charge in [0.25, 0.3) is 0 Å². The number of hydrogen-bond donors (Lipinski definition) is 1. The van der Waals surface area contributed by atoms with Crippen LogP contribution in [-0.2, 0) is 19.4 Å². The molecule has 1 saturated heterocycles. The lowest BCUT2D eigenvalue weighted by Crippen LogP contribution is -2.39. The van der Waals surface area contributed by atoms with E-state index in [4.69, 9.17) is 0 Å². The highest BCUT2D eigenvalue weighted by Gasteiger charge is 2.28. The van der Waals surface area contributed by atoms with Gasteiger partial charge in [-0.1, -0.05) is 13.8 Å². The summed E-state index contributed by atoms with van der Waals surface area (Å²) in [6.45, 7) is 6.52. The Morgan fingerprint density at radius 1 is 1.35 bits per heavy atom. The molecule has 0 spiro atoms. The Balaban J connectivity index is 2.37. The minimum absolute atomic E-state index is 0.0289. The van der Waals surface area contributed by atoms with Crippen molar-refractivity contribution in [2.75, 3.05) is 24.6 Å². The fraction of sp³-hybridized carbons (Fsp3) is 0.846. The molecule has 1 aliphatic rings. The van der Waals surface area contributed by atoms with Crippen LogP contribution in [0.15, 0.2) is 0 Å². The molecule has 1 unspecified atom stereocenters. The van der Waals surface area contributed by atoms with Crippen LogP contribution >= 0.6 is 0 Å². The average molecular weight is 304 g/mol. The van der Waals surface area contributed by atoms with Gasteiger partial charge in [-0.15, -0.1) is 0 Å². The first-order valence-electron chi connectivity index (χ1n) is 6.95. The van der Waals surface area contributed by atoms with Crippen LogP contribution in [0.25, 0.3) is 0 Å². The van der Waals surface area contributed by atoms with Gasteiger partial charge in [0.15, 0.2) is 9.84 Å². The van der Waals surface area contributed by atoms with E-state index in [-0.39, 0.29) is 35.8 Å². The van der Waals surface area contributed by atoms with Gasteiger partial charge in [0.05, 0.1) is 11.5 Å². The molecule has 1 heterocycles. The SMILES string of the molecule is CC(=O)N(CCC(=O)NC1CCS(=O)(=O)C1)CC(C)C. The fourth-order valence-corrected chi connectivity index (χ4v) is 3.94. The third-order valence-corrected chi connectivity index (χ3v) is 5.01. The molecular formula is C13H24N2O4S. The normalized spacial score (nSPS) is 20.9. The maximum atomic E-state index is 11.8. The van der Waals surface area contributed by atoms with Crippen LogP contribution in [0.5, 0.6) is 0 Å². The van der Waals surface area contributed by atoms with Crippen LogP contribution in [-0.4, -0.2) is 55.8 Å². The Morgan fingerprint density at radius 2 is 2.00 bits per heavy atom. The van der Waals surface area contributed by atoms with E-state index >= 15 is 0 Å². The van der Waals surface area contributed by atoms with Gasteiger partial charge in [-0.2, -0.15) is 0 Å². The monoisotopic (exact) mass is 304 g/mol. The summed E-state index contributed by atoms with van der Waals surface area (Å²) in [5.41, 5.74) is 0. The number of carbonyl (C=O) groups excluding carboxylic acids is 2. The van der Waals surface area contributed by atoms with Gasteiger partial charge in [0, 0.05) is 32.5 Å². The first-order chi connectivity index (χ1) is 9.19. The van der Waals surface area contributed by atoms with E-state index in [1.807, 2.05) is 13.8 Å². The van der Waals surface area contributed by atoms with E-state index in [2.05, 4.69) is 5.32 Å². The van der Waals surface area contributed by atoms with Gasteiger partial charge in [-0.05, 0) is 12.3 Å². The Bertz CT molecular complexity index is 459. The standard InChI is InChI=1S/C13H24N2O4S/c1-10(2)8-15(11(3)16)6-4-13(17)14-12-5-7-20(18,19)9-12/h10,12H,4-9H2,1-3H3,(H,14,17). The van der Waals surface area contributed by atoms with E-state index in [9.17, 15) is 18.0 Å². The quantitative estimate of drug-likeness (QED) is 0.759. The smallest absolute Gasteiger partial charge is 0.222 e. The van der Waals surface area contributed by atoms with E-state index < -0.39 is 9.84 Å². The molecule has 0 aromatic rings. The maximum absolute atomic E-state index is 11.8. The van der Waals surface area contributed by atoms with Crippen molar-refractivity contribution in [2.24, 2.45) is 5.92 Å². The summed E-state index contributed by atoms with van der Waals surface area (Å²) in [5, 5.41) is 2.73. The molecule has 1 N–H and O–H groups in total. The zero-order chi connectivity index (χ0) is 15.3. The lowest BCUT2D eigenvalue weighted by molar-refractivity contribution is -0.130. The second-order valence-electron chi connectivity index (χ2n) is 5.78. The van der Waals surface area contributed by atoms with E-state index in [0.717, 1.165) is 0 Å². The van der Waals surface area contributed by atoms with Gasteiger partial charge in [0.1, 0.15) is 0 Å². The molecule has 20 heavy (non-hydrogen) atoms. The molecule has 6 nitrogen and oxygen atoms in total. The van der Waals surface area contributed by atoms with Crippen LogP contribution in [0.4, 0.5) is 0 Å². The number of carbonyl (C=O) groups is 2. The average Bonchev–Trinajstić information content (AvgIpc) is 2.63. The van der Waals surface area contributed by atoms with Crippen molar-refractivity contribution in [2.45, 2.75) is 39.7 Å². The summed E-state index contributed by atoms with van der Waals surface area (Å²) >= 11 is 0. The van der Waals surface area contributed by atoms with E-state index in [0.29, 0.717) is 25.4 Å². The van der Waals surface area contributed by atoms with Crippen molar-refractivity contribution < 1.29 is 18.0 Å². The van der Waals surface area contributed by atoms with Crippen molar-refractivity contribution in [1.29, 1.82) is 0 Å². The Kier molecular flexibility index (Phi) is 5.98. The zero-order valence-electron chi connectivity index (χ0n) is 12.4. The van der Waals surface area contributed by atoms with Gasteiger partial charge in [-0.3, -0.25) is 9.59 Å². The minimum atomic E-state index is -2.98. The molecule has 7 heteroatoms. The van der Waals surface area contributed by atoms with E-state index in [1.54, 1.807) is 4.90 Å². The Morgan fingerprint density at radius 3 is 2.45 bits per heavy atom. The fourth-order valence-electron chi connectivity index (χ4n) is 2.26. The van der Waals surface area contributed by atoms with Crippen LogP contribution in [0.1, 0.15) is 33.6 Å². The second kappa shape index (κ2) is 7.06. The Labute approximate surface area is 120 Å². The highest BCUT2D eigenvalue weighted by molar-refractivity contribution is 7.91. The number of nitrogens with zero attached hydrogens (tertiary/aromatic N) is 1. The van der Waals surface area contributed by atoms with E-state index in [1.165, 1.54) is 6.92 Å². The molecule has 116 valence electrons. The number of hydrogen-bond acceptors (Lipinski definition) is 4. The topological polar surface area (TPSA) is 83.6 Å². The number of rotatable bonds is 6. The van der Waals surface area contributed by atoms with Crippen molar-refractivity contribution in [3.8, 4) is 0 Å². The van der Waals surface area contributed by atoms with Gasteiger partial charge in [0.2, 0.25) is 11.8 Å². The molecule has 0 aromatic heterocycles. The van der Waals surface area contributed by atoms with Crippen LogP contribution in [0.2, 0.25) is 0 Å². The lowest BCUT2D eigenvalue weighted by Gasteiger charge is -2.23. The molecule has 0 aliphatic carbocycles. The van der Waals surface area contributed by atoms with Crippen LogP contribution in [0.3, 0.4) is 0 Å². The first-order valence-corrected chi connectivity index (χ1v) is 8.77. The summed E-state index contributed by atoms with van der Waals surface area (Å²) in [6.07, 6.45) is 0.694. The highest BCUT2D eigenvalue weighted by Crippen LogP contribution is 2.11. The summed E-state index contributed by atoms with van der Waals surface area (Å²) in [6, 6.07) is -0.275. The summed E-state index contributed by atoms with van der Waals surface area (Å²) in [4.78, 5) is 24.9. The molecular weight excluding hydrogens is 280 g/mol. The van der Waals surface area contributed by atoms with Crippen molar-refractivity contribution in [3.63, 3.8) is 0 Å². The third-order valence-electron chi connectivity index (χ3n) is 3.24. The van der Waals surface area contributed by atoms with Gasteiger partial charge >= 0.3 is 0 Å². The molecule has 0 radical (unpaired) electrons. The largest absolute Gasteiger partial charge is 0.352 e. The molecule has 0 aromatic carbocycles. The molecule has 0 saturated carbocycles. The molecule has 0 bridgehead atoms. The zero-order valence-corrected chi connectivity index (χ0v) is 13.2. The number of nitrogens with one attached hydrogen (secondary N) is 1. The maximum Gasteiger partial charge on any atom is 0.222 e. The molecule has 1 aliphatic heterocycles. The van der Waals surface area contributed by atoms with Crippen molar-refractivity contribution >= 4 is 21.7 Å². The summed E-state index contributed by atoms with van der Waals surface area (Å²) < 4.78 is 22.6. The Hall–Kier alpha value is -1.11. The molecule has 1 atom stereocenters. The predicted octanol–water partition coefficient (Wildman–Crippen LogP) is 0.184. The van der Waals surface area contributed by atoms with Crippen LogP contribution < -0.4 is 5.32 Å². The number of amides is 2. The third kappa shape index (κ3) is 5.90. The summed E-state index contributed by atoms with van der Waals surface area (Å²) in [5.74, 6) is 0.283. The number of sulfone groups is 1. The second-order valence-corrected chi connectivity index (χ2v) is 8.01. The molecule has 1 fully saturated rings. The summed E-state index contributed by atoms with van der Waals surface area (Å²) in [7, 11) is -2.98. The van der Waals surface area contributed by atoms with Crippen LogP contribution in [0, 0.1) is 5.92 Å².